The first kappa shape index (κ1) is 61.2. The molecule has 3 unspecified atom stereocenters. The van der Waals surface area contributed by atoms with Gasteiger partial charge in [-0.25, -0.2) is 0 Å². The van der Waals surface area contributed by atoms with Crippen molar-refractivity contribution in [2.24, 2.45) is 0 Å². The number of amides is 1. The van der Waals surface area contributed by atoms with Crippen molar-refractivity contribution in [3.05, 3.63) is 60.8 Å². The number of aliphatic hydroxyl groups is 1. The first-order valence-electron chi connectivity index (χ1n) is 26.2. The van der Waals surface area contributed by atoms with Gasteiger partial charge in [-0.3, -0.25) is 9.36 Å². The van der Waals surface area contributed by atoms with Crippen LogP contribution in [0.4, 0.5) is 0 Å². The number of allylic oxidation sites excluding steroid dienone is 9. The van der Waals surface area contributed by atoms with Crippen LogP contribution in [0.3, 0.4) is 0 Å². The first-order valence-corrected chi connectivity index (χ1v) is 27.6. The highest BCUT2D eigenvalue weighted by Crippen LogP contribution is 2.38. The van der Waals surface area contributed by atoms with Crippen LogP contribution < -0.4 is 10.2 Å². The van der Waals surface area contributed by atoms with E-state index in [-0.39, 0.29) is 12.5 Å². The molecule has 0 aromatic heterocycles. The molecule has 2 N–H and O–H groups in total. The average molecular weight is 905 g/mol. The highest BCUT2D eigenvalue weighted by Gasteiger charge is 2.23. The van der Waals surface area contributed by atoms with E-state index in [2.05, 4.69) is 67.8 Å². The molecule has 0 bridgehead atoms. The number of carbonyl (C=O) groups is 1. The Morgan fingerprint density at radius 3 is 1.41 bits per heavy atom. The van der Waals surface area contributed by atoms with Gasteiger partial charge in [-0.2, -0.15) is 0 Å². The topological polar surface area (TPSA) is 108 Å². The zero-order chi connectivity index (χ0) is 46.4. The maximum Gasteiger partial charge on any atom is 0.268 e. The van der Waals surface area contributed by atoms with Crippen molar-refractivity contribution in [3.63, 3.8) is 0 Å². The van der Waals surface area contributed by atoms with Crippen LogP contribution in [-0.2, 0) is 18.4 Å². The first-order chi connectivity index (χ1) is 30.5. The van der Waals surface area contributed by atoms with Crippen LogP contribution in [0, 0.1) is 0 Å². The molecule has 1 amide bonds. The number of quaternary nitrogens is 1. The predicted octanol–water partition coefficient (Wildman–Crippen LogP) is 14.7. The molecule has 368 valence electrons. The van der Waals surface area contributed by atoms with E-state index in [9.17, 15) is 19.4 Å². The predicted molar refractivity (Wildman–Crippen MR) is 270 cm³/mol. The lowest BCUT2D eigenvalue weighted by Gasteiger charge is -2.29. The summed E-state index contributed by atoms with van der Waals surface area (Å²) in [6, 6.07) is -0.914. The lowest BCUT2D eigenvalue weighted by atomic mass is 10.0. The summed E-state index contributed by atoms with van der Waals surface area (Å²) in [6.45, 7) is 4.60. The lowest BCUT2D eigenvalue weighted by Crippen LogP contribution is -2.45. The zero-order valence-electron chi connectivity index (χ0n) is 41.8. The summed E-state index contributed by atoms with van der Waals surface area (Å²) in [4.78, 5) is 25.4. The summed E-state index contributed by atoms with van der Waals surface area (Å²) >= 11 is 0. The summed E-state index contributed by atoms with van der Waals surface area (Å²) in [5.74, 6) is -0.217. The summed E-state index contributed by atoms with van der Waals surface area (Å²) in [5, 5.41) is 13.8. The molecule has 0 heterocycles. The van der Waals surface area contributed by atoms with Crippen LogP contribution in [0.5, 0.6) is 0 Å². The van der Waals surface area contributed by atoms with Gasteiger partial charge in [0.1, 0.15) is 13.2 Å². The van der Waals surface area contributed by atoms with E-state index in [1.54, 1.807) is 6.08 Å². The Kier molecular flexibility index (Phi) is 44.1. The van der Waals surface area contributed by atoms with Crippen molar-refractivity contribution in [2.75, 3.05) is 40.9 Å². The van der Waals surface area contributed by atoms with Crippen molar-refractivity contribution >= 4 is 13.7 Å². The molecule has 0 aliphatic carbocycles. The third kappa shape index (κ3) is 48.0. The van der Waals surface area contributed by atoms with Gasteiger partial charge in [0, 0.05) is 6.42 Å². The molecule has 0 fully saturated rings. The second kappa shape index (κ2) is 45.4. The Hall–Kier alpha value is -1.80. The molecular formula is C54H101N2O6P. The number of likely N-dealkylation sites (N-methyl/N-ethyl adjacent to an activating group) is 1. The Morgan fingerprint density at radius 2 is 0.937 bits per heavy atom. The summed E-state index contributed by atoms with van der Waals surface area (Å²) in [6.07, 6.45) is 59.9. The molecule has 0 spiro atoms. The van der Waals surface area contributed by atoms with Gasteiger partial charge in [0.05, 0.1) is 39.9 Å². The fourth-order valence-corrected chi connectivity index (χ4v) is 8.00. The molecule has 0 saturated heterocycles. The maximum absolute atomic E-state index is 12.9. The molecule has 0 radical (unpaired) electrons. The molecule has 9 heteroatoms. The summed E-state index contributed by atoms with van der Waals surface area (Å²) in [5.41, 5.74) is 0. The number of aliphatic hydroxyl groups excluding tert-OH is 1. The Bertz CT molecular complexity index is 1210. The Morgan fingerprint density at radius 1 is 0.556 bits per heavy atom. The van der Waals surface area contributed by atoms with Crippen LogP contribution in [0.25, 0.3) is 0 Å². The third-order valence-corrected chi connectivity index (χ3v) is 12.4. The molecule has 0 saturated carbocycles. The van der Waals surface area contributed by atoms with Gasteiger partial charge in [0.15, 0.2) is 0 Å². The fraction of sp³-hybridized carbons (Fsp3) is 0.796. The van der Waals surface area contributed by atoms with Crippen molar-refractivity contribution in [1.29, 1.82) is 0 Å². The number of nitrogens with zero attached hydrogens (tertiary/aromatic N) is 1. The van der Waals surface area contributed by atoms with Gasteiger partial charge < -0.3 is 28.8 Å². The normalized spacial score (nSPS) is 14.6. The van der Waals surface area contributed by atoms with E-state index in [1.807, 2.05) is 27.2 Å². The number of nitrogens with one attached hydrogen (secondary N) is 1. The minimum atomic E-state index is -4.61. The largest absolute Gasteiger partial charge is 0.756 e. The van der Waals surface area contributed by atoms with E-state index in [0.29, 0.717) is 17.4 Å². The van der Waals surface area contributed by atoms with E-state index < -0.39 is 26.6 Å². The van der Waals surface area contributed by atoms with Crippen LogP contribution in [0.1, 0.15) is 226 Å². The van der Waals surface area contributed by atoms with Crippen molar-refractivity contribution in [2.45, 2.75) is 238 Å². The minimum Gasteiger partial charge on any atom is -0.756 e. The number of hydrogen-bond acceptors (Lipinski definition) is 6. The quantitative estimate of drug-likeness (QED) is 0.0273. The highest BCUT2D eigenvalue weighted by molar-refractivity contribution is 7.45. The SMILES string of the molecule is CCCCC/C=C\C/C=C\CCCCCCCCCCCC(=O)NC(COP(=O)([O-])OCC[N+](C)(C)C)C(O)/C=C/CC/C=C/CC/C=C/CCCCCCCCCCCCCC. The molecular weight excluding hydrogens is 804 g/mol. The van der Waals surface area contributed by atoms with E-state index >= 15 is 0 Å². The average Bonchev–Trinajstić information content (AvgIpc) is 3.24. The highest BCUT2D eigenvalue weighted by atomic mass is 31.2. The summed E-state index contributed by atoms with van der Waals surface area (Å²) in [7, 11) is 1.23. The van der Waals surface area contributed by atoms with Crippen LogP contribution in [0.15, 0.2) is 60.8 Å². The summed E-state index contributed by atoms with van der Waals surface area (Å²) < 4.78 is 23.3. The second-order valence-electron chi connectivity index (χ2n) is 18.9. The van der Waals surface area contributed by atoms with Crippen molar-refractivity contribution in [1.82, 2.24) is 5.32 Å². The fourth-order valence-electron chi connectivity index (χ4n) is 7.27. The van der Waals surface area contributed by atoms with E-state index in [0.717, 1.165) is 51.4 Å². The zero-order valence-corrected chi connectivity index (χ0v) is 42.7. The molecule has 0 aliphatic rings. The van der Waals surface area contributed by atoms with Crippen LogP contribution in [-0.4, -0.2) is 68.5 Å². The monoisotopic (exact) mass is 905 g/mol. The van der Waals surface area contributed by atoms with Gasteiger partial charge in [0.2, 0.25) is 5.91 Å². The Balaban J connectivity index is 4.39. The number of carbonyl (C=O) groups excluding carboxylic acids is 1. The van der Waals surface area contributed by atoms with Crippen LogP contribution in [0.2, 0.25) is 0 Å². The van der Waals surface area contributed by atoms with E-state index in [4.69, 9.17) is 9.05 Å². The van der Waals surface area contributed by atoms with Gasteiger partial charge in [-0.15, -0.1) is 0 Å². The minimum absolute atomic E-state index is 0.0117. The molecule has 63 heavy (non-hydrogen) atoms. The molecule has 0 aromatic carbocycles. The molecule has 0 aromatic rings. The smallest absolute Gasteiger partial charge is 0.268 e. The standard InChI is InChI=1S/C54H101N2O6P/c1-6-8-10-12-14-16-18-20-22-24-26-27-28-30-31-33-35-37-39-41-43-45-47-53(57)52(51-62-63(59,60)61-50-49-56(3,4)5)55-54(58)48-46-44-42-40-38-36-34-32-29-25-23-21-19-17-15-13-11-9-7-2/h15,17,21,23,30-31,37,39,45,47,52-53,57H,6-14,16,18-20,22,24-29,32-36,38,40-44,46,48-51H2,1-5H3,(H-,55,58,59,60)/b17-15-,23-21-,31-30+,39-37+,47-45+. The van der Waals surface area contributed by atoms with Gasteiger partial charge >= 0.3 is 0 Å². The molecule has 3 atom stereocenters. The maximum atomic E-state index is 12.9. The number of unbranched alkanes of at least 4 members (excludes halogenated alkanes) is 26. The number of phosphoric acid groups is 1. The molecule has 0 rings (SSSR count). The van der Waals surface area contributed by atoms with Gasteiger partial charge in [-0.1, -0.05) is 203 Å². The molecule has 0 aliphatic heterocycles. The van der Waals surface area contributed by atoms with Gasteiger partial charge in [-0.05, 0) is 77.0 Å². The number of phosphoric ester groups is 1. The number of hydrogen-bond donors (Lipinski definition) is 2. The third-order valence-electron chi connectivity index (χ3n) is 11.4. The van der Waals surface area contributed by atoms with Crippen LogP contribution >= 0.6 is 7.82 Å². The lowest BCUT2D eigenvalue weighted by molar-refractivity contribution is -0.870. The van der Waals surface area contributed by atoms with Gasteiger partial charge in [0.25, 0.3) is 7.82 Å². The number of rotatable bonds is 47. The Labute approximate surface area is 390 Å². The van der Waals surface area contributed by atoms with E-state index in [1.165, 1.54) is 154 Å². The van der Waals surface area contributed by atoms with Crippen molar-refractivity contribution in [3.8, 4) is 0 Å². The second-order valence-corrected chi connectivity index (χ2v) is 20.3. The molecule has 8 nitrogen and oxygen atoms in total. The van der Waals surface area contributed by atoms with Crippen molar-refractivity contribution < 1.29 is 32.9 Å².